The van der Waals surface area contributed by atoms with Crippen molar-refractivity contribution >= 4 is 5.97 Å². The van der Waals surface area contributed by atoms with Gasteiger partial charge in [-0.25, -0.2) is 4.79 Å². The van der Waals surface area contributed by atoms with Crippen LogP contribution in [0.3, 0.4) is 0 Å². The van der Waals surface area contributed by atoms with Gasteiger partial charge in [0.05, 0.1) is 0 Å². The molecule has 1 rings (SSSR count). The second kappa shape index (κ2) is 5.17. The first-order chi connectivity index (χ1) is 7.15. The van der Waals surface area contributed by atoms with Gasteiger partial charge in [0.15, 0.2) is 0 Å². The van der Waals surface area contributed by atoms with Crippen molar-refractivity contribution in [2.24, 2.45) is 5.73 Å². The summed E-state index contributed by atoms with van der Waals surface area (Å²) in [5.74, 6) is -0.383. The third kappa shape index (κ3) is 3.11. The van der Waals surface area contributed by atoms with E-state index in [4.69, 9.17) is 15.6 Å². The molecular formula is C11H13NO3. The zero-order valence-corrected chi connectivity index (χ0v) is 8.22. The van der Waals surface area contributed by atoms with E-state index in [1.807, 2.05) is 0 Å². The lowest BCUT2D eigenvalue weighted by atomic mass is 10.1. The summed E-state index contributed by atoms with van der Waals surface area (Å²) < 4.78 is 4.79. The van der Waals surface area contributed by atoms with Crippen molar-refractivity contribution in [1.29, 1.82) is 0 Å². The fourth-order valence-electron chi connectivity index (χ4n) is 1.05. The van der Waals surface area contributed by atoms with Crippen LogP contribution in [0.5, 0.6) is 5.75 Å². The number of carbonyl (C=O) groups is 1. The largest absolute Gasteiger partial charge is 0.508 e. The summed E-state index contributed by atoms with van der Waals surface area (Å²) in [6.07, 6.45) is 1.47. The molecule has 0 aliphatic rings. The van der Waals surface area contributed by atoms with Crippen molar-refractivity contribution in [2.45, 2.75) is 6.04 Å². The molecule has 0 heterocycles. The lowest BCUT2D eigenvalue weighted by Crippen LogP contribution is -2.23. The number of hydrogen-bond acceptors (Lipinski definition) is 4. The van der Waals surface area contributed by atoms with E-state index in [0.29, 0.717) is 5.56 Å². The molecule has 1 atom stereocenters. The van der Waals surface area contributed by atoms with Crippen LogP contribution in [0.4, 0.5) is 0 Å². The number of carbonyl (C=O) groups excluding carboxylic acids is 1. The van der Waals surface area contributed by atoms with E-state index in [1.54, 1.807) is 12.1 Å². The predicted molar refractivity (Wildman–Crippen MR) is 56.2 cm³/mol. The summed E-state index contributed by atoms with van der Waals surface area (Å²) in [5, 5.41) is 9.05. The zero-order chi connectivity index (χ0) is 11.3. The highest BCUT2D eigenvalue weighted by atomic mass is 16.5. The van der Waals surface area contributed by atoms with Crippen molar-refractivity contribution in [2.75, 3.05) is 6.61 Å². The molecule has 0 aliphatic carbocycles. The maximum Gasteiger partial charge on any atom is 0.327 e. The summed E-state index contributed by atoms with van der Waals surface area (Å²) in [6, 6.07) is 5.27. The van der Waals surface area contributed by atoms with Crippen LogP contribution >= 0.6 is 0 Å². The molecule has 0 radical (unpaired) electrons. The molecule has 0 aliphatic heterocycles. The van der Waals surface area contributed by atoms with Crippen LogP contribution in [-0.4, -0.2) is 17.7 Å². The van der Waals surface area contributed by atoms with Gasteiger partial charge in [0.25, 0.3) is 0 Å². The Labute approximate surface area is 88.0 Å². The fourth-order valence-corrected chi connectivity index (χ4v) is 1.05. The van der Waals surface area contributed by atoms with Crippen molar-refractivity contribution in [3.8, 4) is 5.75 Å². The smallest absolute Gasteiger partial charge is 0.327 e. The summed E-state index contributed by atoms with van der Waals surface area (Å²) in [7, 11) is 0. The Morgan fingerprint density at radius 1 is 1.53 bits per heavy atom. The third-order valence-electron chi connectivity index (χ3n) is 1.85. The minimum absolute atomic E-state index is 0.130. The molecule has 15 heavy (non-hydrogen) atoms. The topological polar surface area (TPSA) is 72.5 Å². The monoisotopic (exact) mass is 207 g/mol. The maximum absolute atomic E-state index is 11.3. The lowest BCUT2D eigenvalue weighted by Gasteiger charge is -2.10. The van der Waals surface area contributed by atoms with Gasteiger partial charge >= 0.3 is 5.97 Å². The molecule has 80 valence electrons. The van der Waals surface area contributed by atoms with E-state index >= 15 is 0 Å². The standard InChI is InChI=1S/C11H13NO3/c1-2-7-15-11(14)10(12)8-3-5-9(13)6-4-8/h2-6,10,13H,1,7,12H2/t10-/m0/s1. The van der Waals surface area contributed by atoms with Gasteiger partial charge in [-0.1, -0.05) is 24.8 Å². The SMILES string of the molecule is C=CCOC(=O)[C@@H](N)c1ccc(O)cc1. The average molecular weight is 207 g/mol. The molecule has 1 aromatic carbocycles. The quantitative estimate of drug-likeness (QED) is 0.573. The van der Waals surface area contributed by atoms with Gasteiger partial charge in [-0.05, 0) is 17.7 Å². The minimum atomic E-state index is -0.828. The van der Waals surface area contributed by atoms with Gasteiger partial charge in [-0.2, -0.15) is 0 Å². The van der Waals surface area contributed by atoms with Crippen molar-refractivity contribution in [3.63, 3.8) is 0 Å². The summed E-state index contributed by atoms with van der Waals surface area (Å²) in [6.45, 7) is 3.57. The van der Waals surface area contributed by atoms with Crippen LogP contribution in [0, 0.1) is 0 Å². The van der Waals surface area contributed by atoms with Crippen molar-refractivity contribution in [3.05, 3.63) is 42.5 Å². The normalized spacial score (nSPS) is 11.8. The van der Waals surface area contributed by atoms with E-state index in [9.17, 15) is 4.79 Å². The maximum atomic E-state index is 11.3. The molecule has 0 saturated carbocycles. The molecule has 0 unspecified atom stereocenters. The molecule has 0 bridgehead atoms. The number of benzene rings is 1. The number of aromatic hydroxyl groups is 1. The minimum Gasteiger partial charge on any atom is -0.508 e. The Morgan fingerprint density at radius 3 is 2.67 bits per heavy atom. The first-order valence-electron chi connectivity index (χ1n) is 4.47. The zero-order valence-electron chi connectivity index (χ0n) is 8.22. The second-order valence-corrected chi connectivity index (χ2v) is 2.99. The summed E-state index contributed by atoms with van der Waals surface area (Å²) in [4.78, 5) is 11.3. The van der Waals surface area contributed by atoms with Crippen molar-refractivity contribution in [1.82, 2.24) is 0 Å². The Kier molecular flexibility index (Phi) is 3.88. The molecule has 0 fully saturated rings. The average Bonchev–Trinajstić information content (AvgIpc) is 2.26. The van der Waals surface area contributed by atoms with Crippen LogP contribution < -0.4 is 5.73 Å². The summed E-state index contributed by atoms with van der Waals surface area (Å²) in [5.41, 5.74) is 6.24. The Hall–Kier alpha value is -1.81. The first kappa shape index (κ1) is 11.3. The fraction of sp³-hybridized carbons (Fsp3) is 0.182. The van der Waals surface area contributed by atoms with E-state index in [-0.39, 0.29) is 12.4 Å². The molecule has 0 spiro atoms. The van der Waals surface area contributed by atoms with E-state index < -0.39 is 12.0 Å². The number of esters is 1. The molecule has 0 amide bonds. The third-order valence-corrected chi connectivity index (χ3v) is 1.85. The number of phenolic OH excluding ortho intramolecular Hbond substituents is 1. The van der Waals surface area contributed by atoms with Gasteiger partial charge in [-0.3, -0.25) is 0 Å². The Morgan fingerprint density at radius 2 is 2.13 bits per heavy atom. The summed E-state index contributed by atoms with van der Waals surface area (Å²) >= 11 is 0. The molecule has 4 heteroatoms. The number of nitrogens with two attached hydrogens (primary N) is 1. The Balaban J connectivity index is 2.67. The van der Waals surface area contributed by atoms with E-state index in [1.165, 1.54) is 18.2 Å². The number of phenols is 1. The predicted octanol–water partition coefficient (Wildman–Crippen LogP) is 1.12. The van der Waals surface area contributed by atoms with Crippen molar-refractivity contribution < 1.29 is 14.6 Å². The van der Waals surface area contributed by atoms with Crippen LogP contribution in [-0.2, 0) is 9.53 Å². The Bertz CT molecular complexity index is 345. The van der Waals surface area contributed by atoms with Gasteiger partial charge in [0.2, 0.25) is 0 Å². The number of hydrogen-bond donors (Lipinski definition) is 2. The second-order valence-electron chi connectivity index (χ2n) is 2.99. The molecule has 0 saturated heterocycles. The van der Waals surface area contributed by atoms with E-state index in [0.717, 1.165) is 0 Å². The first-order valence-corrected chi connectivity index (χ1v) is 4.47. The molecular weight excluding hydrogens is 194 g/mol. The van der Waals surface area contributed by atoms with Gasteiger partial charge in [0, 0.05) is 0 Å². The molecule has 4 nitrogen and oxygen atoms in total. The molecule has 0 aromatic heterocycles. The highest BCUT2D eigenvalue weighted by Crippen LogP contribution is 2.15. The highest BCUT2D eigenvalue weighted by molar-refractivity contribution is 5.77. The van der Waals surface area contributed by atoms with Gasteiger partial charge < -0.3 is 15.6 Å². The lowest BCUT2D eigenvalue weighted by molar-refractivity contribution is -0.144. The highest BCUT2D eigenvalue weighted by Gasteiger charge is 2.16. The molecule has 3 N–H and O–H groups in total. The number of rotatable bonds is 4. The van der Waals surface area contributed by atoms with Crippen LogP contribution in [0.1, 0.15) is 11.6 Å². The van der Waals surface area contributed by atoms with Crippen LogP contribution in [0.2, 0.25) is 0 Å². The van der Waals surface area contributed by atoms with Gasteiger partial charge in [0.1, 0.15) is 18.4 Å². The molecule has 1 aromatic rings. The van der Waals surface area contributed by atoms with Gasteiger partial charge in [-0.15, -0.1) is 0 Å². The van der Waals surface area contributed by atoms with Crippen LogP contribution in [0.25, 0.3) is 0 Å². The van der Waals surface area contributed by atoms with Crippen LogP contribution in [0.15, 0.2) is 36.9 Å². The number of ether oxygens (including phenoxy) is 1. The van der Waals surface area contributed by atoms with E-state index in [2.05, 4.69) is 6.58 Å².